The van der Waals surface area contributed by atoms with Gasteiger partial charge >= 0.3 is 0 Å². The molecule has 6 nitrogen and oxygen atoms in total. The summed E-state index contributed by atoms with van der Waals surface area (Å²) in [5, 5.41) is 10.8. The fourth-order valence-corrected chi connectivity index (χ4v) is 2.81. The van der Waals surface area contributed by atoms with Crippen molar-refractivity contribution in [1.82, 2.24) is 4.90 Å². The highest BCUT2D eigenvalue weighted by atomic mass is 19.1. The van der Waals surface area contributed by atoms with E-state index in [2.05, 4.69) is 0 Å². The second-order valence-electron chi connectivity index (χ2n) is 5.45. The minimum absolute atomic E-state index is 0.405. The molecule has 0 atom stereocenters. The zero-order valence-corrected chi connectivity index (χ0v) is 11.8. The lowest BCUT2D eigenvalue weighted by Gasteiger charge is -2.22. The van der Waals surface area contributed by atoms with Crippen molar-refractivity contribution >= 4 is 17.3 Å². The maximum atomic E-state index is 13.9. The Balaban J connectivity index is 2.25. The third kappa shape index (κ3) is 3.12. The molecule has 0 heterocycles. The smallest absolute Gasteiger partial charge is 0.293 e. The van der Waals surface area contributed by atoms with Crippen molar-refractivity contribution in [2.45, 2.75) is 25.7 Å². The van der Waals surface area contributed by atoms with Gasteiger partial charge in [-0.05, 0) is 24.8 Å². The average Bonchev–Trinajstić information content (AvgIpc) is 2.90. The van der Waals surface area contributed by atoms with E-state index in [0.29, 0.717) is 12.5 Å². The van der Waals surface area contributed by atoms with E-state index >= 15 is 0 Å². The molecule has 0 saturated heterocycles. The van der Waals surface area contributed by atoms with Crippen LogP contribution < -0.4 is 5.73 Å². The first-order valence-electron chi connectivity index (χ1n) is 6.89. The highest BCUT2D eigenvalue weighted by Crippen LogP contribution is 2.30. The second-order valence-corrected chi connectivity index (χ2v) is 5.45. The summed E-state index contributed by atoms with van der Waals surface area (Å²) in [5.74, 6) is -1.04. The number of benzene rings is 1. The van der Waals surface area contributed by atoms with Crippen LogP contribution in [-0.2, 0) is 0 Å². The number of nitro groups is 1. The summed E-state index contributed by atoms with van der Waals surface area (Å²) in [6.07, 6.45) is 4.37. The first kappa shape index (κ1) is 15.2. The van der Waals surface area contributed by atoms with Gasteiger partial charge in [0.05, 0.1) is 4.92 Å². The van der Waals surface area contributed by atoms with Crippen molar-refractivity contribution < 1.29 is 14.1 Å². The van der Waals surface area contributed by atoms with Crippen molar-refractivity contribution in [3.8, 4) is 0 Å². The summed E-state index contributed by atoms with van der Waals surface area (Å²) in [6.45, 7) is 0.514. The van der Waals surface area contributed by atoms with Crippen LogP contribution in [0.5, 0.6) is 0 Å². The van der Waals surface area contributed by atoms with Crippen LogP contribution in [0.2, 0.25) is 0 Å². The van der Waals surface area contributed by atoms with Gasteiger partial charge < -0.3 is 10.6 Å². The third-order valence-corrected chi connectivity index (χ3v) is 3.94. The predicted octanol–water partition coefficient (Wildman–Crippen LogP) is 2.58. The molecule has 1 aliphatic rings. The summed E-state index contributed by atoms with van der Waals surface area (Å²) in [5.41, 5.74) is 4.33. The monoisotopic (exact) mass is 295 g/mol. The molecule has 1 aromatic carbocycles. The van der Waals surface area contributed by atoms with Gasteiger partial charge in [0.25, 0.3) is 11.6 Å². The molecule has 0 aliphatic heterocycles. The van der Waals surface area contributed by atoms with Crippen molar-refractivity contribution in [3.63, 3.8) is 0 Å². The van der Waals surface area contributed by atoms with E-state index in [1.165, 1.54) is 4.90 Å². The lowest BCUT2D eigenvalue weighted by Crippen LogP contribution is -2.32. The number of carbonyl (C=O) groups excluding carboxylic acids is 1. The Bertz CT molecular complexity index is 571. The maximum absolute atomic E-state index is 13.9. The van der Waals surface area contributed by atoms with Crippen molar-refractivity contribution in [1.29, 1.82) is 0 Å². The van der Waals surface area contributed by atoms with Crippen LogP contribution in [0, 0.1) is 21.8 Å². The van der Waals surface area contributed by atoms with Crippen LogP contribution >= 0.6 is 0 Å². The van der Waals surface area contributed by atoms with Gasteiger partial charge in [-0.1, -0.05) is 12.8 Å². The summed E-state index contributed by atoms with van der Waals surface area (Å²) >= 11 is 0. The van der Waals surface area contributed by atoms with Crippen LogP contribution in [0.4, 0.5) is 15.8 Å². The fourth-order valence-electron chi connectivity index (χ4n) is 2.81. The summed E-state index contributed by atoms with van der Waals surface area (Å²) < 4.78 is 13.9. The number of halogens is 1. The Morgan fingerprint density at radius 2 is 2.10 bits per heavy atom. The van der Waals surface area contributed by atoms with Gasteiger partial charge in [-0.15, -0.1) is 0 Å². The molecule has 0 aromatic heterocycles. The van der Waals surface area contributed by atoms with Crippen LogP contribution in [0.15, 0.2) is 12.1 Å². The molecule has 0 radical (unpaired) electrons. The maximum Gasteiger partial charge on any atom is 0.293 e. The first-order valence-corrected chi connectivity index (χ1v) is 6.89. The highest BCUT2D eigenvalue weighted by molar-refractivity contribution is 6.01. The second kappa shape index (κ2) is 6.07. The zero-order valence-electron chi connectivity index (χ0n) is 11.8. The number of amides is 1. The Morgan fingerprint density at radius 1 is 1.48 bits per heavy atom. The third-order valence-electron chi connectivity index (χ3n) is 3.94. The standard InChI is InChI=1S/C14H18FN3O3/c1-17(8-9-4-2-3-5-9)14(19)12-10(15)6-7-11(13(12)16)18(20)21/h6-7,9H,2-5,8,16H2,1H3. The normalized spacial score (nSPS) is 15.1. The van der Waals surface area contributed by atoms with Crippen molar-refractivity contribution in [2.24, 2.45) is 5.92 Å². The Hall–Kier alpha value is -2.18. The van der Waals surface area contributed by atoms with E-state index in [0.717, 1.165) is 37.8 Å². The molecular weight excluding hydrogens is 277 g/mol. The number of hydrogen-bond acceptors (Lipinski definition) is 4. The van der Waals surface area contributed by atoms with Gasteiger partial charge in [-0.2, -0.15) is 0 Å². The van der Waals surface area contributed by atoms with Gasteiger partial charge in [-0.25, -0.2) is 4.39 Å². The molecule has 0 spiro atoms. The van der Waals surface area contributed by atoms with Gasteiger partial charge in [0.1, 0.15) is 17.1 Å². The SMILES string of the molecule is CN(CC1CCCC1)C(=O)c1c(F)ccc([N+](=O)[O-])c1N. The molecule has 114 valence electrons. The Morgan fingerprint density at radius 3 is 2.67 bits per heavy atom. The number of nitrogens with zero attached hydrogens (tertiary/aromatic N) is 2. The fraction of sp³-hybridized carbons (Fsp3) is 0.500. The molecule has 7 heteroatoms. The number of anilines is 1. The van der Waals surface area contributed by atoms with E-state index in [9.17, 15) is 19.3 Å². The molecule has 1 saturated carbocycles. The topological polar surface area (TPSA) is 89.5 Å². The van der Waals surface area contributed by atoms with E-state index < -0.39 is 33.6 Å². The summed E-state index contributed by atoms with van der Waals surface area (Å²) in [6, 6.07) is 1.88. The number of carbonyl (C=O) groups is 1. The number of nitro benzene ring substituents is 1. The molecule has 1 aliphatic carbocycles. The summed E-state index contributed by atoms with van der Waals surface area (Å²) in [7, 11) is 1.57. The molecule has 1 aromatic rings. The van der Waals surface area contributed by atoms with Crippen molar-refractivity contribution in [2.75, 3.05) is 19.3 Å². The predicted molar refractivity (Wildman–Crippen MR) is 76.4 cm³/mol. The van der Waals surface area contributed by atoms with E-state index in [4.69, 9.17) is 5.73 Å². The minimum atomic E-state index is -0.832. The molecule has 1 fully saturated rings. The lowest BCUT2D eigenvalue weighted by atomic mass is 10.1. The number of nitrogen functional groups attached to an aromatic ring is 1. The number of hydrogen-bond donors (Lipinski definition) is 1. The molecular formula is C14H18FN3O3. The molecule has 21 heavy (non-hydrogen) atoms. The molecule has 1 amide bonds. The first-order chi connectivity index (χ1) is 9.91. The van der Waals surface area contributed by atoms with Crippen LogP contribution in [-0.4, -0.2) is 29.3 Å². The van der Waals surface area contributed by atoms with Crippen molar-refractivity contribution in [3.05, 3.63) is 33.6 Å². The van der Waals surface area contributed by atoms with E-state index in [1.807, 2.05) is 0 Å². The zero-order chi connectivity index (χ0) is 15.6. The van der Waals surface area contributed by atoms with Crippen LogP contribution in [0.3, 0.4) is 0 Å². The van der Waals surface area contributed by atoms with Gasteiger partial charge in [-0.3, -0.25) is 14.9 Å². The molecule has 0 unspecified atom stereocenters. The van der Waals surface area contributed by atoms with Crippen LogP contribution in [0.25, 0.3) is 0 Å². The quantitative estimate of drug-likeness (QED) is 0.525. The van der Waals surface area contributed by atoms with E-state index in [1.54, 1.807) is 7.05 Å². The van der Waals surface area contributed by atoms with Gasteiger partial charge in [0.15, 0.2) is 0 Å². The number of nitrogens with two attached hydrogens (primary N) is 1. The van der Waals surface area contributed by atoms with Gasteiger partial charge in [0.2, 0.25) is 0 Å². The lowest BCUT2D eigenvalue weighted by molar-refractivity contribution is -0.384. The largest absolute Gasteiger partial charge is 0.392 e. The highest BCUT2D eigenvalue weighted by Gasteiger charge is 2.27. The molecule has 2 rings (SSSR count). The summed E-state index contributed by atoms with van der Waals surface area (Å²) in [4.78, 5) is 23.8. The average molecular weight is 295 g/mol. The van der Waals surface area contributed by atoms with Crippen LogP contribution in [0.1, 0.15) is 36.0 Å². The van der Waals surface area contributed by atoms with Gasteiger partial charge in [0, 0.05) is 19.7 Å². The number of rotatable bonds is 4. The molecule has 0 bridgehead atoms. The minimum Gasteiger partial charge on any atom is -0.392 e. The molecule has 2 N–H and O–H groups in total. The Labute approximate surface area is 121 Å². The Kier molecular flexibility index (Phi) is 4.40. The van der Waals surface area contributed by atoms with E-state index in [-0.39, 0.29) is 0 Å².